The first kappa shape index (κ1) is 17.4. The molecule has 1 amide bonds. The Kier molecular flexibility index (Phi) is 4.01. The summed E-state index contributed by atoms with van der Waals surface area (Å²) >= 11 is 0. The van der Waals surface area contributed by atoms with Crippen molar-refractivity contribution in [3.63, 3.8) is 0 Å². The number of nitro benzene ring substituents is 1. The van der Waals surface area contributed by atoms with E-state index in [0.29, 0.717) is 43.4 Å². The zero-order chi connectivity index (χ0) is 20.0. The summed E-state index contributed by atoms with van der Waals surface area (Å²) in [5.74, 6) is 1.31. The van der Waals surface area contributed by atoms with E-state index in [1.165, 1.54) is 12.1 Å². The summed E-state index contributed by atoms with van der Waals surface area (Å²) in [6.07, 6.45) is 0. The van der Waals surface area contributed by atoms with Gasteiger partial charge in [0.2, 0.25) is 6.79 Å². The molecule has 0 atom stereocenters. The predicted octanol–water partition coefficient (Wildman–Crippen LogP) is 2.77. The molecule has 3 heterocycles. The molecule has 1 saturated heterocycles. The minimum atomic E-state index is -0.409. The van der Waals surface area contributed by atoms with Gasteiger partial charge >= 0.3 is 0 Å². The molecule has 9 heteroatoms. The number of piperazine rings is 1. The highest BCUT2D eigenvalue weighted by molar-refractivity contribution is 5.99. The molecule has 0 aliphatic carbocycles. The first-order valence-electron chi connectivity index (χ1n) is 9.29. The fourth-order valence-electron chi connectivity index (χ4n) is 3.76. The molecule has 1 aromatic heterocycles. The van der Waals surface area contributed by atoms with Gasteiger partial charge in [-0.05, 0) is 24.3 Å². The molecule has 1 fully saturated rings. The number of aromatic amines is 1. The fraction of sp³-hybridized carbons (Fsp3) is 0.250. The smallest absolute Gasteiger partial charge is 0.270 e. The second-order valence-corrected chi connectivity index (χ2v) is 7.03. The van der Waals surface area contributed by atoms with E-state index in [1.54, 1.807) is 12.1 Å². The van der Waals surface area contributed by atoms with Gasteiger partial charge in [0.05, 0.1) is 4.92 Å². The van der Waals surface area contributed by atoms with Crippen molar-refractivity contribution in [2.24, 2.45) is 0 Å². The first-order chi connectivity index (χ1) is 14.1. The summed E-state index contributed by atoms with van der Waals surface area (Å²) in [6.45, 7) is 2.70. The number of ether oxygens (including phenoxy) is 2. The summed E-state index contributed by atoms with van der Waals surface area (Å²) in [7, 11) is 0. The number of benzene rings is 2. The van der Waals surface area contributed by atoms with Gasteiger partial charge in [-0.2, -0.15) is 0 Å². The Hall–Kier alpha value is -3.75. The number of hydrogen-bond acceptors (Lipinski definition) is 6. The van der Waals surface area contributed by atoms with Crippen molar-refractivity contribution >= 4 is 28.2 Å². The van der Waals surface area contributed by atoms with Crippen molar-refractivity contribution in [3.8, 4) is 11.5 Å². The average molecular weight is 394 g/mol. The molecule has 2 aliphatic heterocycles. The number of fused-ring (bicyclic) bond motifs is 2. The highest BCUT2D eigenvalue weighted by Gasteiger charge is 2.24. The Labute approximate surface area is 165 Å². The van der Waals surface area contributed by atoms with E-state index >= 15 is 0 Å². The van der Waals surface area contributed by atoms with E-state index < -0.39 is 4.92 Å². The Balaban J connectivity index is 1.27. The molecular weight excluding hydrogens is 376 g/mol. The highest BCUT2D eigenvalue weighted by Crippen LogP contribution is 2.36. The molecule has 5 rings (SSSR count). The standard InChI is InChI=1S/C20H18N4O5/c25-20(17-9-13-10-18-19(29-12-28-18)11-16(13)21-17)23-7-5-22(6-8-23)14-1-3-15(4-2-14)24(26)27/h1-4,9-11,21H,5-8,12H2. The summed E-state index contributed by atoms with van der Waals surface area (Å²) in [5.41, 5.74) is 2.36. The number of nitro groups is 1. The molecule has 0 bridgehead atoms. The van der Waals surface area contributed by atoms with Gasteiger partial charge in [0.15, 0.2) is 11.5 Å². The molecular formula is C20H18N4O5. The minimum absolute atomic E-state index is 0.0495. The van der Waals surface area contributed by atoms with E-state index in [9.17, 15) is 14.9 Å². The molecule has 1 N–H and O–H groups in total. The van der Waals surface area contributed by atoms with E-state index in [4.69, 9.17) is 9.47 Å². The molecule has 0 spiro atoms. The van der Waals surface area contributed by atoms with E-state index in [2.05, 4.69) is 9.88 Å². The maximum absolute atomic E-state index is 12.9. The number of anilines is 1. The van der Waals surface area contributed by atoms with Crippen LogP contribution in [0.4, 0.5) is 11.4 Å². The normalized spacial score (nSPS) is 15.7. The molecule has 9 nitrogen and oxygen atoms in total. The lowest BCUT2D eigenvalue weighted by atomic mass is 10.2. The number of non-ortho nitro benzene ring substituents is 1. The molecule has 2 aromatic carbocycles. The number of hydrogen-bond donors (Lipinski definition) is 1. The number of carbonyl (C=O) groups excluding carboxylic acids is 1. The van der Waals surface area contributed by atoms with E-state index in [-0.39, 0.29) is 18.4 Å². The lowest BCUT2D eigenvalue weighted by molar-refractivity contribution is -0.384. The Morgan fingerprint density at radius 3 is 2.38 bits per heavy atom. The van der Waals surface area contributed by atoms with Gasteiger partial charge in [0.25, 0.3) is 11.6 Å². The Bertz CT molecular complexity index is 1060. The van der Waals surface area contributed by atoms with Crippen molar-refractivity contribution < 1.29 is 19.2 Å². The Morgan fingerprint density at radius 1 is 1.00 bits per heavy atom. The minimum Gasteiger partial charge on any atom is -0.454 e. The number of nitrogens with one attached hydrogen (secondary N) is 1. The quantitative estimate of drug-likeness (QED) is 0.542. The maximum Gasteiger partial charge on any atom is 0.270 e. The second kappa shape index (κ2) is 6.69. The third kappa shape index (κ3) is 3.10. The zero-order valence-corrected chi connectivity index (χ0v) is 15.5. The third-order valence-corrected chi connectivity index (χ3v) is 5.34. The van der Waals surface area contributed by atoms with Crippen LogP contribution in [0.25, 0.3) is 10.9 Å². The van der Waals surface area contributed by atoms with Gasteiger partial charge in [0, 0.05) is 61.0 Å². The molecule has 0 radical (unpaired) electrons. The number of H-pyrrole nitrogens is 1. The number of rotatable bonds is 3. The molecule has 3 aromatic rings. The van der Waals surface area contributed by atoms with Gasteiger partial charge in [0.1, 0.15) is 5.69 Å². The largest absolute Gasteiger partial charge is 0.454 e. The van der Waals surface area contributed by atoms with Crippen LogP contribution in [-0.2, 0) is 0 Å². The van der Waals surface area contributed by atoms with Crippen LogP contribution in [0.3, 0.4) is 0 Å². The van der Waals surface area contributed by atoms with Crippen LogP contribution in [-0.4, -0.2) is 53.7 Å². The number of aromatic nitrogens is 1. The van der Waals surface area contributed by atoms with Gasteiger partial charge in [-0.1, -0.05) is 0 Å². The fourth-order valence-corrected chi connectivity index (χ4v) is 3.76. The van der Waals surface area contributed by atoms with Gasteiger partial charge in [-0.3, -0.25) is 14.9 Å². The van der Waals surface area contributed by atoms with Crippen LogP contribution >= 0.6 is 0 Å². The molecule has 2 aliphatic rings. The van der Waals surface area contributed by atoms with Crippen LogP contribution in [0.5, 0.6) is 11.5 Å². The summed E-state index contributed by atoms with van der Waals surface area (Å²) in [6, 6.07) is 12.1. The van der Waals surface area contributed by atoms with E-state index in [1.807, 2.05) is 23.1 Å². The Morgan fingerprint density at radius 2 is 1.69 bits per heavy atom. The second-order valence-electron chi connectivity index (χ2n) is 7.03. The third-order valence-electron chi connectivity index (χ3n) is 5.34. The van der Waals surface area contributed by atoms with Crippen LogP contribution in [0.2, 0.25) is 0 Å². The number of amides is 1. The van der Waals surface area contributed by atoms with Crippen molar-refractivity contribution in [2.45, 2.75) is 0 Å². The highest BCUT2D eigenvalue weighted by atomic mass is 16.7. The van der Waals surface area contributed by atoms with Crippen LogP contribution in [0, 0.1) is 10.1 Å². The predicted molar refractivity (Wildman–Crippen MR) is 106 cm³/mol. The van der Waals surface area contributed by atoms with Gasteiger partial charge in [-0.25, -0.2) is 0 Å². The number of carbonyl (C=O) groups is 1. The summed E-state index contributed by atoms with van der Waals surface area (Å²) in [5, 5.41) is 11.7. The molecule has 0 unspecified atom stereocenters. The lowest BCUT2D eigenvalue weighted by Crippen LogP contribution is -2.48. The SMILES string of the molecule is O=C(c1cc2cc3c(cc2[nH]1)OCO3)N1CCN(c2ccc([N+](=O)[O-])cc2)CC1. The van der Waals surface area contributed by atoms with Crippen molar-refractivity contribution in [1.29, 1.82) is 0 Å². The van der Waals surface area contributed by atoms with Crippen molar-refractivity contribution in [3.05, 3.63) is 58.3 Å². The monoisotopic (exact) mass is 394 g/mol. The van der Waals surface area contributed by atoms with Gasteiger partial charge < -0.3 is 24.3 Å². The summed E-state index contributed by atoms with van der Waals surface area (Å²) in [4.78, 5) is 30.4. The van der Waals surface area contributed by atoms with Crippen LogP contribution in [0.15, 0.2) is 42.5 Å². The van der Waals surface area contributed by atoms with Crippen molar-refractivity contribution in [1.82, 2.24) is 9.88 Å². The van der Waals surface area contributed by atoms with Crippen molar-refractivity contribution in [2.75, 3.05) is 37.9 Å². The molecule has 0 saturated carbocycles. The number of nitrogens with zero attached hydrogens (tertiary/aromatic N) is 3. The molecule has 29 heavy (non-hydrogen) atoms. The van der Waals surface area contributed by atoms with Crippen LogP contribution < -0.4 is 14.4 Å². The van der Waals surface area contributed by atoms with E-state index in [0.717, 1.165) is 16.6 Å². The maximum atomic E-state index is 12.9. The summed E-state index contributed by atoms with van der Waals surface area (Å²) < 4.78 is 10.8. The topological polar surface area (TPSA) is 101 Å². The molecule has 148 valence electrons. The average Bonchev–Trinajstić information content (AvgIpc) is 3.37. The van der Waals surface area contributed by atoms with Crippen LogP contribution in [0.1, 0.15) is 10.5 Å². The first-order valence-corrected chi connectivity index (χ1v) is 9.29. The van der Waals surface area contributed by atoms with Gasteiger partial charge in [-0.15, -0.1) is 0 Å². The lowest BCUT2D eigenvalue weighted by Gasteiger charge is -2.35. The zero-order valence-electron chi connectivity index (χ0n) is 15.5.